The zero-order valence-corrected chi connectivity index (χ0v) is 11.5. The Morgan fingerprint density at radius 1 is 1.25 bits per heavy atom. The molecule has 0 radical (unpaired) electrons. The van der Waals surface area contributed by atoms with Crippen molar-refractivity contribution < 1.29 is 14.7 Å². The van der Waals surface area contributed by atoms with Gasteiger partial charge in [0.2, 0.25) is 0 Å². The molecular weight excluding hydrogens is 276 g/mol. The number of carbonyl (C=O) groups excluding carboxylic acids is 1. The number of aromatic carboxylic acids is 1. The molecule has 2 aromatic rings. The Bertz CT molecular complexity index is 641. The number of nitrogens with zero attached hydrogens (tertiary/aromatic N) is 1. The number of thioether (sulfide) groups is 1. The molecule has 6 heteroatoms. The number of rotatable bonds is 4. The van der Waals surface area contributed by atoms with Crippen molar-refractivity contribution in [1.29, 1.82) is 0 Å². The van der Waals surface area contributed by atoms with Gasteiger partial charge in [-0.3, -0.25) is 4.79 Å². The quantitative estimate of drug-likeness (QED) is 0.846. The summed E-state index contributed by atoms with van der Waals surface area (Å²) in [5, 5.41) is 11.5. The summed E-state index contributed by atoms with van der Waals surface area (Å²) in [6, 6.07) is 10.2. The molecule has 1 aromatic heterocycles. The van der Waals surface area contributed by atoms with Crippen LogP contribution in [0, 0.1) is 0 Å². The largest absolute Gasteiger partial charge is 0.477 e. The third kappa shape index (κ3) is 3.36. The molecule has 0 aliphatic carbocycles. The van der Waals surface area contributed by atoms with Crippen LogP contribution in [0.2, 0.25) is 0 Å². The average Bonchev–Trinajstić information content (AvgIpc) is 2.47. The Balaban J connectivity index is 2.13. The van der Waals surface area contributed by atoms with Gasteiger partial charge in [0, 0.05) is 16.8 Å². The van der Waals surface area contributed by atoms with Crippen LogP contribution >= 0.6 is 11.8 Å². The number of hydrogen-bond acceptors (Lipinski definition) is 4. The van der Waals surface area contributed by atoms with Gasteiger partial charge in [0.1, 0.15) is 5.69 Å². The molecule has 20 heavy (non-hydrogen) atoms. The monoisotopic (exact) mass is 288 g/mol. The van der Waals surface area contributed by atoms with Crippen LogP contribution in [0.15, 0.2) is 47.5 Å². The molecule has 0 saturated heterocycles. The standard InChI is InChI=1S/C14H12N2O3S/c1-20-11-4-2-3-10(7-11)16-13(17)9-5-6-12(14(18)19)15-8-9/h2-8H,1H3,(H,16,17)(H,18,19). The van der Waals surface area contributed by atoms with E-state index >= 15 is 0 Å². The van der Waals surface area contributed by atoms with Crippen LogP contribution in [0.4, 0.5) is 5.69 Å². The second-order valence-corrected chi connectivity index (χ2v) is 4.80. The number of aromatic nitrogens is 1. The van der Waals surface area contributed by atoms with Gasteiger partial charge in [-0.2, -0.15) is 0 Å². The molecule has 0 atom stereocenters. The van der Waals surface area contributed by atoms with E-state index in [0.29, 0.717) is 11.3 Å². The van der Waals surface area contributed by atoms with Crippen LogP contribution in [0.3, 0.4) is 0 Å². The molecule has 5 nitrogen and oxygen atoms in total. The molecule has 2 N–H and O–H groups in total. The van der Waals surface area contributed by atoms with Crippen molar-refractivity contribution in [3.05, 3.63) is 53.9 Å². The van der Waals surface area contributed by atoms with E-state index in [1.165, 1.54) is 18.3 Å². The van der Waals surface area contributed by atoms with Gasteiger partial charge in [0.25, 0.3) is 5.91 Å². The maximum atomic E-state index is 12.0. The zero-order valence-electron chi connectivity index (χ0n) is 10.7. The predicted octanol–water partition coefficient (Wildman–Crippen LogP) is 2.75. The lowest BCUT2D eigenvalue weighted by atomic mass is 10.2. The summed E-state index contributed by atoms with van der Waals surface area (Å²) < 4.78 is 0. The molecule has 0 aliphatic heterocycles. The first-order valence-corrected chi connectivity index (χ1v) is 6.97. The van der Waals surface area contributed by atoms with E-state index < -0.39 is 5.97 Å². The van der Waals surface area contributed by atoms with Gasteiger partial charge in [-0.25, -0.2) is 9.78 Å². The molecule has 0 aliphatic rings. The second-order valence-electron chi connectivity index (χ2n) is 3.92. The van der Waals surface area contributed by atoms with E-state index in [1.807, 2.05) is 24.5 Å². The number of benzene rings is 1. The minimum absolute atomic E-state index is 0.0917. The van der Waals surface area contributed by atoms with Crippen LogP contribution in [-0.4, -0.2) is 28.2 Å². The molecular formula is C14H12N2O3S. The van der Waals surface area contributed by atoms with Crippen molar-refractivity contribution in [2.75, 3.05) is 11.6 Å². The fraction of sp³-hybridized carbons (Fsp3) is 0.0714. The van der Waals surface area contributed by atoms with Crippen LogP contribution < -0.4 is 5.32 Å². The van der Waals surface area contributed by atoms with E-state index in [2.05, 4.69) is 10.3 Å². The topological polar surface area (TPSA) is 79.3 Å². The minimum Gasteiger partial charge on any atom is -0.477 e. The number of carboxylic acid groups (broad SMARTS) is 1. The van der Waals surface area contributed by atoms with E-state index in [-0.39, 0.29) is 11.6 Å². The Hall–Kier alpha value is -2.34. The van der Waals surface area contributed by atoms with E-state index in [4.69, 9.17) is 5.11 Å². The van der Waals surface area contributed by atoms with Gasteiger partial charge in [-0.05, 0) is 36.6 Å². The second kappa shape index (κ2) is 6.21. The van der Waals surface area contributed by atoms with Crippen molar-refractivity contribution in [2.45, 2.75) is 4.90 Å². The molecule has 0 fully saturated rings. The number of carbonyl (C=O) groups is 2. The van der Waals surface area contributed by atoms with Crippen LogP contribution in [0.5, 0.6) is 0 Å². The lowest BCUT2D eigenvalue weighted by molar-refractivity contribution is 0.0690. The van der Waals surface area contributed by atoms with Gasteiger partial charge in [-0.15, -0.1) is 11.8 Å². The van der Waals surface area contributed by atoms with Crippen molar-refractivity contribution in [2.24, 2.45) is 0 Å². The highest BCUT2D eigenvalue weighted by Crippen LogP contribution is 2.19. The predicted molar refractivity (Wildman–Crippen MR) is 77.4 cm³/mol. The lowest BCUT2D eigenvalue weighted by Gasteiger charge is -2.06. The fourth-order valence-electron chi connectivity index (χ4n) is 1.56. The van der Waals surface area contributed by atoms with Gasteiger partial charge in [0.05, 0.1) is 5.56 Å². The minimum atomic E-state index is -1.12. The molecule has 0 spiro atoms. The van der Waals surface area contributed by atoms with Crippen molar-refractivity contribution in [3.8, 4) is 0 Å². The highest BCUT2D eigenvalue weighted by Gasteiger charge is 2.09. The van der Waals surface area contributed by atoms with Crippen LogP contribution in [0.25, 0.3) is 0 Å². The van der Waals surface area contributed by atoms with E-state index in [9.17, 15) is 9.59 Å². The Labute approximate surface area is 120 Å². The van der Waals surface area contributed by atoms with E-state index in [0.717, 1.165) is 4.90 Å². The number of amides is 1. The average molecular weight is 288 g/mol. The third-order valence-electron chi connectivity index (χ3n) is 2.57. The first kappa shape index (κ1) is 14.1. The highest BCUT2D eigenvalue weighted by atomic mass is 32.2. The molecule has 1 heterocycles. The summed E-state index contributed by atoms with van der Waals surface area (Å²) in [6.07, 6.45) is 3.20. The normalized spacial score (nSPS) is 10.1. The van der Waals surface area contributed by atoms with Gasteiger partial charge < -0.3 is 10.4 Å². The van der Waals surface area contributed by atoms with Gasteiger partial charge in [0.15, 0.2) is 0 Å². The Kier molecular flexibility index (Phi) is 4.37. The van der Waals surface area contributed by atoms with Gasteiger partial charge >= 0.3 is 5.97 Å². The molecule has 0 saturated carbocycles. The zero-order chi connectivity index (χ0) is 14.5. The summed E-state index contributed by atoms with van der Waals surface area (Å²) >= 11 is 1.58. The number of pyridine rings is 1. The summed E-state index contributed by atoms with van der Waals surface area (Å²) in [6.45, 7) is 0. The van der Waals surface area contributed by atoms with Crippen LogP contribution in [-0.2, 0) is 0 Å². The smallest absolute Gasteiger partial charge is 0.354 e. The maximum Gasteiger partial charge on any atom is 0.354 e. The first-order valence-electron chi connectivity index (χ1n) is 5.75. The Morgan fingerprint density at radius 3 is 2.65 bits per heavy atom. The maximum absolute atomic E-state index is 12.0. The summed E-state index contributed by atoms with van der Waals surface area (Å²) in [5.41, 5.74) is 0.902. The fourth-order valence-corrected chi connectivity index (χ4v) is 2.02. The first-order chi connectivity index (χ1) is 9.60. The molecule has 0 bridgehead atoms. The lowest BCUT2D eigenvalue weighted by Crippen LogP contribution is -2.13. The van der Waals surface area contributed by atoms with Crippen molar-refractivity contribution in [3.63, 3.8) is 0 Å². The summed E-state index contributed by atoms with van der Waals surface area (Å²) in [4.78, 5) is 27.4. The summed E-state index contributed by atoms with van der Waals surface area (Å²) in [7, 11) is 0. The van der Waals surface area contributed by atoms with Crippen molar-refractivity contribution >= 4 is 29.3 Å². The van der Waals surface area contributed by atoms with E-state index in [1.54, 1.807) is 17.8 Å². The third-order valence-corrected chi connectivity index (χ3v) is 3.30. The SMILES string of the molecule is CSc1cccc(NC(=O)c2ccc(C(=O)O)nc2)c1. The molecule has 2 rings (SSSR count). The highest BCUT2D eigenvalue weighted by molar-refractivity contribution is 7.98. The molecule has 1 amide bonds. The number of hydrogen-bond donors (Lipinski definition) is 2. The number of carboxylic acids is 1. The van der Waals surface area contributed by atoms with Gasteiger partial charge in [-0.1, -0.05) is 6.07 Å². The Morgan fingerprint density at radius 2 is 2.05 bits per heavy atom. The van der Waals surface area contributed by atoms with Crippen LogP contribution in [0.1, 0.15) is 20.8 Å². The molecule has 0 unspecified atom stereocenters. The molecule has 1 aromatic carbocycles. The summed E-state index contributed by atoms with van der Waals surface area (Å²) in [5.74, 6) is -1.45. The number of anilines is 1. The molecule has 102 valence electrons. The number of nitrogens with one attached hydrogen (secondary N) is 1. The van der Waals surface area contributed by atoms with Crippen molar-refractivity contribution in [1.82, 2.24) is 4.98 Å².